The van der Waals surface area contributed by atoms with Gasteiger partial charge in [0.1, 0.15) is 0 Å². The molecular formula is C14H18BrN3O2. The second kappa shape index (κ2) is 5.26. The number of hydrogen-bond donors (Lipinski definition) is 2. The van der Waals surface area contributed by atoms with Gasteiger partial charge in [0.2, 0.25) is 0 Å². The number of nitrogens with one attached hydrogen (secondary N) is 1. The Morgan fingerprint density at radius 1 is 1.45 bits per heavy atom. The molecule has 1 aromatic carbocycles. The van der Waals surface area contributed by atoms with Gasteiger partial charge >= 0.3 is 6.03 Å². The van der Waals surface area contributed by atoms with Crippen LogP contribution in [0.3, 0.4) is 0 Å². The molecule has 2 heterocycles. The molecular weight excluding hydrogens is 322 g/mol. The third-order valence-corrected chi connectivity index (χ3v) is 4.66. The van der Waals surface area contributed by atoms with Crippen molar-refractivity contribution in [3.8, 4) is 0 Å². The molecule has 2 aliphatic rings. The number of benzene rings is 1. The lowest BCUT2D eigenvalue weighted by molar-refractivity contribution is 0.197. The number of piperazine rings is 1. The summed E-state index contributed by atoms with van der Waals surface area (Å²) in [6.07, 6.45) is -0.464. The molecule has 0 saturated carbocycles. The third kappa shape index (κ3) is 2.38. The Morgan fingerprint density at radius 3 is 2.95 bits per heavy atom. The van der Waals surface area contributed by atoms with Crippen LogP contribution in [0.1, 0.15) is 18.6 Å². The first-order valence-corrected chi connectivity index (χ1v) is 7.62. The molecule has 0 aromatic heterocycles. The van der Waals surface area contributed by atoms with Crippen LogP contribution >= 0.6 is 15.9 Å². The molecule has 2 aliphatic heterocycles. The minimum atomic E-state index is -0.464. The van der Waals surface area contributed by atoms with Crippen LogP contribution in [0.4, 0.5) is 10.5 Å². The van der Waals surface area contributed by atoms with Gasteiger partial charge in [-0.25, -0.2) is 4.79 Å². The van der Waals surface area contributed by atoms with Gasteiger partial charge in [-0.1, -0.05) is 6.07 Å². The summed E-state index contributed by atoms with van der Waals surface area (Å²) in [5, 5.41) is 12.5. The van der Waals surface area contributed by atoms with Crippen LogP contribution in [0.2, 0.25) is 0 Å². The third-order valence-electron chi connectivity index (χ3n) is 4.03. The van der Waals surface area contributed by atoms with Crippen LogP contribution in [0.15, 0.2) is 22.7 Å². The Hall–Kier alpha value is -1.27. The second-order valence-electron chi connectivity index (χ2n) is 5.37. The molecule has 5 nitrogen and oxygen atoms in total. The maximum Gasteiger partial charge on any atom is 0.317 e. The number of nitrogens with zero attached hydrogens (tertiary/aromatic N) is 2. The van der Waals surface area contributed by atoms with E-state index in [1.165, 1.54) is 0 Å². The molecule has 6 heteroatoms. The lowest BCUT2D eigenvalue weighted by Gasteiger charge is -2.38. The number of anilines is 1. The van der Waals surface area contributed by atoms with Crippen LogP contribution in [-0.4, -0.2) is 48.3 Å². The minimum absolute atomic E-state index is 0.0539. The van der Waals surface area contributed by atoms with Crippen molar-refractivity contribution in [2.75, 3.05) is 31.1 Å². The average Bonchev–Trinajstić information content (AvgIpc) is 2.79. The molecule has 0 bridgehead atoms. The fourth-order valence-corrected chi connectivity index (χ4v) is 3.51. The van der Waals surface area contributed by atoms with Gasteiger partial charge in [-0.15, -0.1) is 0 Å². The molecule has 3 rings (SSSR count). The fraction of sp³-hybridized carbons (Fsp3) is 0.500. The molecule has 2 N–H and O–H groups in total. The molecule has 0 spiro atoms. The Balaban J connectivity index is 1.79. The van der Waals surface area contributed by atoms with Gasteiger partial charge in [-0.3, -0.25) is 0 Å². The maximum atomic E-state index is 11.6. The fourth-order valence-electron chi connectivity index (χ4n) is 2.86. The van der Waals surface area contributed by atoms with Gasteiger partial charge < -0.3 is 20.2 Å². The highest BCUT2D eigenvalue weighted by Crippen LogP contribution is 2.31. The first-order valence-electron chi connectivity index (χ1n) is 6.83. The van der Waals surface area contributed by atoms with Gasteiger partial charge in [0.25, 0.3) is 0 Å². The quantitative estimate of drug-likeness (QED) is 0.862. The number of rotatable bonds is 2. The van der Waals surface area contributed by atoms with Crippen molar-refractivity contribution in [1.82, 2.24) is 10.2 Å². The van der Waals surface area contributed by atoms with Crippen molar-refractivity contribution in [2.45, 2.75) is 19.1 Å². The Labute approximate surface area is 126 Å². The van der Waals surface area contributed by atoms with Crippen molar-refractivity contribution in [3.63, 3.8) is 0 Å². The number of carbonyl (C=O) groups is 1. The van der Waals surface area contributed by atoms with Crippen molar-refractivity contribution < 1.29 is 9.90 Å². The molecule has 0 radical (unpaired) electrons. The first-order chi connectivity index (χ1) is 9.56. The van der Waals surface area contributed by atoms with Gasteiger partial charge in [-0.2, -0.15) is 0 Å². The van der Waals surface area contributed by atoms with E-state index in [9.17, 15) is 9.90 Å². The second-order valence-corrected chi connectivity index (χ2v) is 6.22. The SMILES string of the molecule is CC(O)c1ccc(N2CCN3C(=O)NCC3C2)c(Br)c1. The topological polar surface area (TPSA) is 55.8 Å². The Bertz CT molecular complexity index is 535. The van der Waals surface area contributed by atoms with E-state index in [4.69, 9.17) is 0 Å². The van der Waals surface area contributed by atoms with Crippen LogP contribution < -0.4 is 10.2 Å². The first kappa shape index (κ1) is 13.7. The minimum Gasteiger partial charge on any atom is -0.389 e. The van der Waals surface area contributed by atoms with E-state index in [1.54, 1.807) is 6.92 Å². The molecule has 1 aromatic rings. The Morgan fingerprint density at radius 2 is 2.25 bits per heavy atom. The zero-order chi connectivity index (χ0) is 14.3. The van der Waals surface area contributed by atoms with E-state index in [2.05, 4.69) is 26.1 Å². The van der Waals surface area contributed by atoms with E-state index in [-0.39, 0.29) is 12.1 Å². The summed E-state index contributed by atoms with van der Waals surface area (Å²) in [5.41, 5.74) is 2.02. The van der Waals surface area contributed by atoms with Crippen molar-refractivity contribution in [3.05, 3.63) is 28.2 Å². The predicted molar refractivity (Wildman–Crippen MR) is 80.9 cm³/mol. The van der Waals surface area contributed by atoms with Gasteiger partial charge in [0.05, 0.1) is 17.8 Å². The Kier molecular flexibility index (Phi) is 3.60. The summed E-state index contributed by atoms with van der Waals surface area (Å²) < 4.78 is 0.988. The van der Waals surface area contributed by atoms with Crippen LogP contribution in [0, 0.1) is 0 Å². The van der Waals surface area contributed by atoms with Gasteiger partial charge in [-0.05, 0) is 40.5 Å². The molecule has 108 valence electrons. The summed E-state index contributed by atoms with van der Waals surface area (Å²) in [5.74, 6) is 0. The van der Waals surface area contributed by atoms with Crippen molar-refractivity contribution in [2.24, 2.45) is 0 Å². The number of carbonyl (C=O) groups excluding carboxylic acids is 1. The molecule has 2 unspecified atom stereocenters. The average molecular weight is 340 g/mol. The number of amides is 2. The molecule has 2 atom stereocenters. The van der Waals surface area contributed by atoms with Crippen LogP contribution in [0.5, 0.6) is 0 Å². The summed E-state index contributed by atoms with van der Waals surface area (Å²) in [6.45, 7) is 4.90. The lowest BCUT2D eigenvalue weighted by Crippen LogP contribution is -2.52. The lowest BCUT2D eigenvalue weighted by atomic mass is 10.1. The highest BCUT2D eigenvalue weighted by atomic mass is 79.9. The van der Waals surface area contributed by atoms with E-state index in [0.717, 1.165) is 41.9 Å². The number of hydrogen-bond acceptors (Lipinski definition) is 3. The number of aliphatic hydroxyl groups is 1. The van der Waals surface area contributed by atoms with Gasteiger partial charge in [0.15, 0.2) is 0 Å². The molecule has 2 amide bonds. The van der Waals surface area contributed by atoms with Crippen LogP contribution in [-0.2, 0) is 0 Å². The highest BCUT2D eigenvalue weighted by Gasteiger charge is 2.35. The zero-order valence-corrected chi connectivity index (χ0v) is 12.9. The van der Waals surface area contributed by atoms with E-state index in [0.29, 0.717) is 0 Å². The van der Waals surface area contributed by atoms with Crippen molar-refractivity contribution in [1.29, 1.82) is 0 Å². The maximum absolute atomic E-state index is 11.6. The summed E-state index contributed by atoms with van der Waals surface area (Å²) in [6, 6.07) is 6.25. The number of urea groups is 1. The largest absolute Gasteiger partial charge is 0.389 e. The summed E-state index contributed by atoms with van der Waals surface area (Å²) in [7, 11) is 0. The smallest absolute Gasteiger partial charge is 0.317 e. The number of fused-ring (bicyclic) bond motifs is 1. The molecule has 2 fully saturated rings. The number of halogens is 1. The van der Waals surface area contributed by atoms with Crippen LogP contribution in [0.25, 0.3) is 0 Å². The predicted octanol–water partition coefficient (Wildman–Crippen LogP) is 1.72. The van der Waals surface area contributed by atoms with E-state index < -0.39 is 6.10 Å². The monoisotopic (exact) mass is 339 g/mol. The summed E-state index contributed by atoms with van der Waals surface area (Å²) >= 11 is 3.59. The highest BCUT2D eigenvalue weighted by molar-refractivity contribution is 9.10. The summed E-state index contributed by atoms with van der Waals surface area (Å²) in [4.78, 5) is 15.8. The van der Waals surface area contributed by atoms with Gasteiger partial charge in [0, 0.05) is 30.7 Å². The molecule has 2 saturated heterocycles. The standard InChI is InChI=1S/C14H18BrN3O2/c1-9(19)10-2-3-13(12(15)6-10)17-4-5-18-11(8-17)7-16-14(18)20/h2-3,6,9,11,19H,4-5,7-8H2,1H3,(H,16,20). The molecule has 20 heavy (non-hydrogen) atoms. The molecule has 0 aliphatic carbocycles. The number of aliphatic hydroxyl groups excluding tert-OH is 1. The zero-order valence-electron chi connectivity index (χ0n) is 11.3. The van der Waals surface area contributed by atoms with E-state index in [1.807, 2.05) is 23.1 Å². The van der Waals surface area contributed by atoms with Crippen molar-refractivity contribution >= 4 is 27.6 Å². The van der Waals surface area contributed by atoms with E-state index >= 15 is 0 Å². The normalized spacial score (nSPS) is 23.6.